The van der Waals surface area contributed by atoms with Gasteiger partial charge in [-0.25, -0.2) is 4.98 Å². The van der Waals surface area contributed by atoms with Gasteiger partial charge >= 0.3 is 6.18 Å². The van der Waals surface area contributed by atoms with Crippen molar-refractivity contribution in [1.82, 2.24) is 4.98 Å². The molecule has 0 spiro atoms. The summed E-state index contributed by atoms with van der Waals surface area (Å²) in [5.41, 5.74) is -0.208. The fourth-order valence-electron chi connectivity index (χ4n) is 1.22. The Hall–Kier alpha value is -1.14. The molecule has 1 N–H and O–H groups in total. The first-order valence-corrected chi connectivity index (χ1v) is 4.90. The molecule has 0 fully saturated rings. The Balaban J connectivity index is 2.55. The van der Waals surface area contributed by atoms with Gasteiger partial charge < -0.3 is 5.11 Å². The SMILES string of the molecule is OCc1nc2ccc(C(F)(F)F)cc2s1. The number of aliphatic hydroxyl groups excluding tert-OH is 1. The van der Waals surface area contributed by atoms with Crippen molar-refractivity contribution in [2.75, 3.05) is 0 Å². The smallest absolute Gasteiger partial charge is 0.389 e. The van der Waals surface area contributed by atoms with Crippen LogP contribution in [0.2, 0.25) is 0 Å². The van der Waals surface area contributed by atoms with E-state index in [0.29, 0.717) is 15.2 Å². The summed E-state index contributed by atoms with van der Waals surface area (Å²) in [5.74, 6) is 0. The molecule has 0 atom stereocenters. The highest BCUT2D eigenvalue weighted by Gasteiger charge is 2.30. The maximum absolute atomic E-state index is 12.3. The Kier molecular flexibility index (Phi) is 2.40. The van der Waals surface area contributed by atoms with E-state index in [4.69, 9.17) is 5.11 Å². The van der Waals surface area contributed by atoms with Gasteiger partial charge in [-0.05, 0) is 18.2 Å². The van der Waals surface area contributed by atoms with Crippen LogP contribution < -0.4 is 0 Å². The van der Waals surface area contributed by atoms with Crippen molar-refractivity contribution in [3.63, 3.8) is 0 Å². The average Bonchev–Trinajstić information content (AvgIpc) is 2.57. The van der Waals surface area contributed by atoms with Gasteiger partial charge in [0.05, 0.1) is 22.4 Å². The first-order valence-electron chi connectivity index (χ1n) is 4.08. The number of alkyl halides is 3. The summed E-state index contributed by atoms with van der Waals surface area (Å²) in [4.78, 5) is 3.96. The average molecular weight is 233 g/mol. The normalized spacial score (nSPS) is 12.3. The molecule has 1 aromatic carbocycles. The molecule has 1 aromatic heterocycles. The molecule has 2 rings (SSSR count). The number of hydrogen-bond acceptors (Lipinski definition) is 3. The first-order chi connectivity index (χ1) is 7.00. The number of hydrogen-bond donors (Lipinski definition) is 1. The van der Waals surface area contributed by atoms with Crippen LogP contribution in [0.5, 0.6) is 0 Å². The minimum absolute atomic E-state index is 0.249. The highest BCUT2D eigenvalue weighted by atomic mass is 32.1. The lowest BCUT2D eigenvalue weighted by Crippen LogP contribution is -2.03. The number of nitrogens with zero attached hydrogens (tertiary/aromatic N) is 1. The van der Waals surface area contributed by atoms with Crippen molar-refractivity contribution in [2.45, 2.75) is 12.8 Å². The number of aliphatic hydroxyl groups is 1. The molecule has 2 nitrogen and oxygen atoms in total. The summed E-state index contributed by atoms with van der Waals surface area (Å²) in [7, 11) is 0. The van der Waals surface area contributed by atoms with Crippen molar-refractivity contribution < 1.29 is 18.3 Å². The van der Waals surface area contributed by atoms with E-state index in [0.717, 1.165) is 23.5 Å². The third-order valence-corrected chi connectivity index (χ3v) is 2.90. The van der Waals surface area contributed by atoms with E-state index in [1.54, 1.807) is 0 Å². The Bertz CT molecular complexity index is 492. The number of aromatic nitrogens is 1. The van der Waals surface area contributed by atoms with E-state index in [1.165, 1.54) is 6.07 Å². The van der Waals surface area contributed by atoms with Crippen LogP contribution in [0, 0.1) is 0 Å². The second kappa shape index (κ2) is 3.46. The van der Waals surface area contributed by atoms with Crippen molar-refractivity contribution in [3.05, 3.63) is 28.8 Å². The standard InChI is InChI=1S/C9H6F3NOS/c10-9(11,12)5-1-2-6-7(3-5)15-8(4-14)13-6/h1-3,14H,4H2. The van der Waals surface area contributed by atoms with Crippen LogP contribution in [0.3, 0.4) is 0 Å². The Morgan fingerprint density at radius 3 is 2.67 bits per heavy atom. The fraction of sp³-hybridized carbons (Fsp3) is 0.222. The zero-order valence-corrected chi connectivity index (χ0v) is 8.19. The summed E-state index contributed by atoms with van der Waals surface area (Å²) in [5, 5.41) is 9.21. The number of thiazole rings is 1. The second-order valence-corrected chi connectivity index (χ2v) is 4.06. The molecule has 2 aromatic rings. The Labute approximate surface area is 87.0 Å². The lowest BCUT2D eigenvalue weighted by atomic mass is 10.2. The van der Waals surface area contributed by atoms with Crippen LogP contribution in [0.15, 0.2) is 18.2 Å². The predicted octanol–water partition coefficient (Wildman–Crippen LogP) is 2.81. The Morgan fingerprint density at radius 1 is 1.33 bits per heavy atom. The highest BCUT2D eigenvalue weighted by Crippen LogP contribution is 2.33. The van der Waals surface area contributed by atoms with Gasteiger partial charge in [0.2, 0.25) is 0 Å². The zero-order chi connectivity index (χ0) is 11.1. The van der Waals surface area contributed by atoms with Crippen LogP contribution >= 0.6 is 11.3 Å². The third-order valence-electron chi connectivity index (χ3n) is 1.90. The van der Waals surface area contributed by atoms with Gasteiger partial charge in [-0.2, -0.15) is 13.2 Å². The molecule has 0 radical (unpaired) electrons. The van der Waals surface area contributed by atoms with E-state index < -0.39 is 11.7 Å². The van der Waals surface area contributed by atoms with Crippen molar-refractivity contribution >= 4 is 21.6 Å². The molecule has 0 amide bonds. The Morgan fingerprint density at radius 2 is 2.07 bits per heavy atom. The van der Waals surface area contributed by atoms with E-state index in [1.807, 2.05) is 0 Å². The lowest BCUT2D eigenvalue weighted by Gasteiger charge is -2.04. The number of benzene rings is 1. The van der Waals surface area contributed by atoms with Gasteiger partial charge in [0.1, 0.15) is 5.01 Å². The highest BCUT2D eigenvalue weighted by molar-refractivity contribution is 7.18. The molecule has 0 saturated heterocycles. The zero-order valence-electron chi connectivity index (χ0n) is 7.38. The first kappa shape index (κ1) is 10.4. The molecule has 0 bridgehead atoms. The van der Waals surface area contributed by atoms with E-state index in [2.05, 4.69) is 4.98 Å². The van der Waals surface area contributed by atoms with Crippen LogP contribution in [0.1, 0.15) is 10.6 Å². The number of halogens is 3. The summed E-state index contributed by atoms with van der Waals surface area (Å²) < 4.78 is 37.5. The van der Waals surface area contributed by atoms with Gasteiger partial charge in [0, 0.05) is 0 Å². The largest absolute Gasteiger partial charge is 0.416 e. The van der Waals surface area contributed by atoms with E-state index >= 15 is 0 Å². The van der Waals surface area contributed by atoms with Gasteiger partial charge in [-0.1, -0.05) is 0 Å². The number of rotatable bonds is 1. The topological polar surface area (TPSA) is 33.1 Å². The van der Waals surface area contributed by atoms with E-state index in [-0.39, 0.29) is 6.61 Å². The predicted molar refractivity (Wildman–Crippen MR) is 50.5 cm³/mol. The molecule has 0 saturated carbocycles. The van der Waals surface area contributed by atoms with Gasteiger partial charge in [-0.15, -0.1) is 11.3 Å². The van der Waals surface area contributed by atoms with Crippen LogP contribution in [0.4, 0.5) is 13.2 Å². The maximum atomic E-state index is 12.3. The molecule has 0 unspecified atom stereocenters. The minimum Gasteiger partial charge on any atom is -0.389 e. The molecule has 1 heterocycles. The summed E-state index contributed by atoms with van der Waals surface area (Å²) in [6.45, 7) is -0.249. The second-order valence-electron chi connectivity index (χ2n) is 2.95. The molecular formula is C9H6F3NOS. The summed E-state index contributed by atoms with van der Waals surface area (Å²) >= 11 is 1.07. The van der Waals surface area contributed by atoms with Crippen LogP contribution in [-0.4, -0.2) is 10.1 Å². The molecule has 0 aliphatic heterocycles. The summed E-state index contributed by atoms with van der Waals surface area (Å²) in [6.07, 6.45) is -4.34. The van der Waals surface area contributed by atoms with Crippen LogP contribution in [-0.2, 0) is 12.8 Å². The minimum atomic E-state index is -4.34. The van der Waals surface area contributed by atoms with Crippen molar-refractivity contribution in [1.29, 1.82) is 0 Å². The van der Waals surface area contributed by atoms with Crippen molar-refractivity contribution in [2.24, 2.45) is 0 Å². The molecular weight excluding hydrogens is 227 g/mol. The van der Waals surface area contributed by atoms with Crippen LogP contribution in [0.25, 0.3) is 10.2 Å². The third kappa shape index (κ3) is 1.95. The number of fused-ring (bicyclic) bond motifs is 1. The monoisotopic (exact) mass is 233 g/mol. The molecule has 0 aliphatic carbocycles. The molecule has 6 heteroatoms. The van der Waals surface area contributed by atoms with Crippen molar-refractivity contribution in [3.8, 4) is 0 Å². The van der Waals surface area contributed by atoms with E-state index in [9.17, 15) is 13.2 Å². The molecule has 0 aliphatic rings. The van der Waals surface area contributed by atoms with Gasteiger partial charge in [0.25, 0.3) is 0 Å². The fourth-order valence-corrected chi connectivity index (χ4v) is 2.08. The van der Waals surface area contributed by atoms with Gasteiger partial charge in [-0.3, -0.25) is 0 Å². The lowest BCUT2D eigenvalue weighted by molar-refractivity contribution is -0.137. The molecule has 15 heavy (non-hydrogen) atoms. The summed E-state index contributed by atoms with van der Waals surface area (Å²) in [6, 6.07) is 3.35. The van der Waals surface area contributed by atoms with Gasteiger partial charge in [0.15, 0.2) is 0 Å². The quantitative estimate of drug-likeness (QED) is 0.821. The maximum Gasteiger partial charge on any atom is 0.416 e. The molecule has 80 valence electrons.